The van der Waals surface area contributed by atoms with Gasteiger partial charge in [-0.15, -0.1) is 0 Å². The van der Waals surface area contributed by atoms with E-state index in [1.165, 1.54) is 30.5 Å². The second kappa shape index (κ2) is 7.91. The average Bonchev–Trinajstić information content (AvgIpc) is 2.62. The van der Waals surface area contributed by atoms with Crippen LogP contribution in [0.2, 0.25) is 0 Å². The number of para-hydroxylation sites is 1. The number of halogens is 4. The second-order valence-corrected chi connectivity index (χ2v) is 6.19. The summed E-state index contributed by atoms with van der Waals surface area (Å²) in [6, 6.07) is 7.94. The van der Waals surface area contributed by atoms with Crippen molar-refractivity contribution in [2.24, 2.45) is 0 Å². The van der Waals surface area contributed by atoms with Gasteiger partial charge >= 0.3 is 6.18 Å². The van der Waals surface area contributed by atoms with E-state index in [0.717, 1.165) is 6.07 Å². The Morgan fingerprint density at radius 3 is 2.48 bits per heavy atom. The molecule has 144 valence electrons. The van der Waals surface area contributed by atoms with Crippen LogP contribution in [0.3, 0.4) is 0 Å². The fraction of sp³-hybridized carbons (Fsp3) is 0.333. The van der Waals surface area contributed by atoms with Crippen molar-refractivity contribution in [2.45, 2.75) is 6.18 Å². The van der Waals surface area contributed by atoms with Crippen LogP contribution in [-0.4, -0.2) is 48.5 Å². The topological polar surface area (TPSA) is 48.5 Å². The Labute approximate surface area is 153 Å². The lowest BCUT2D eigenvalue weighted by Crippen LogP contribution is -2.48. The number of amides is 1. The number of benzene rings is 1. The van der Waals surface area contributed by atoms with E-state index < -0.39 is 23.6 Å². The smallest absolute Gasteiger partial charge is 0.369 e. The summed E-state index contributed by atoms with van der Waals surface area (Å²) in [4.78, 5) is 19.5. The van der Waals surface area contributed by atoms with E-state index >= 15 is 0 Å². The highest BCUT2D eigenvalue weighted by molar-refractivity contribution is 5.93. The first-order valence-corrected chi connectivity index (χ1v) is 8.38. The zero-order valence-electron chi connectivity index (χ0n) is 14.3. The van der Waals surface area contributed by atoms with Crippen LogP contribution in [0.1, 0.15) is 5.56 Å². The third-order valence-electron chi connectivity index (χ3n) is 4.32. The van der Waals surface area contributed by atoms with Crippen LogP contribution >= 0.6 is 0 Å². The predicted octanol–water partition coefficient (Wildman–Crippen LogP) is 3.00. The fourth-order valence-corrected chi connectivity index (χ4v) is 2.99. The molecule has 27 heavy (non-hydrogen) atoms. The van der Waals surface area contributed by atoms with Gasteiger partial charge < -0.3 is 10.2 Å². The Bertz CT molecular complexity index is 804. The van der Waals surface area contributed by atoms with Crippen LogP contribution in [0.25, 0.3) is 0 Å². The van der Waals surface area contributed by atoms with Gasteiger partial charge in [-0.1, -0.05) is 12.1 Å². The third kappa shape index (κ3) is 4.94. The number of carbonyl (C=O) groups is 1. The minimum absolute atomic E-state index is 0.00919. The van der Waals surface area contributed by atoms with E-state index in [4.69, 9.17) is 0 Å². The fourth-order valence-electron chi connectivity index (χ4n) is 2.99. The number of hydrogen-bond donors (Lipinski definition) is 1. The number of aromatic nitrogens is 1. The molecule has 0 saturated carbocycles. The van der Waals surface area contributed by atoms with Gasteiger partial charge in [0.05, 0.1) is 17.8 Å². The van der Waals surface area contributed by atoms with E-state index in [1.54, 1.807) is 6.07 Å². The van der Waals surface area contributed by atoms with Crippen LogP contribution in [-0.2, 0) is 11.0 Å². The van der Waals surface area contributed by atoms with Crippen molar-refractivity contribution in [2.75, 3.05) is 42.9 Å². The highest BCUT2D eigenvalue weighted by atomic mass is 19.4. The summed E-state index contributed by atoms with van der Waals surface area (Å²) in [5, 5.41) is 2.34. The molecule has 5 nitrogen and oxygen atoms in total. The van der Waals surface area contributed by atoms with E-state index in [1.807, 2.05) is 9.80 Å². The number of nitrogens with zero attached hydrogens (tertiary/aromatic N) is 3. The molecular formula is C18H18F4N4O. The highest BCUT2D eigenvalue weighted by Crippen LogP contribution is 2.34. The number of rotatable bonds is 4. The maximum absolute atomic E-state index is 13.2. The molecule has 9 heteroatoms. The molecule has 0 atom stereocenters. The first kappa shape index (κ1) is 19.1. The van der Waals surface area contributed by atoms with Gasteiger partial charge in [-0.3, -0.25) is 9.69 Å². The Morgan fingerprint density at radius 2 is 1.81 bits per heavy atom. The van der Waals surface area contributed by atoms with Gasteiger partial charge in [0.2, 0.25) is 11.9 Å². The van der Waals surface area contributed by atoms with Crippen LogP contribution in [0, 0.1) is 5.95 Å². The molecule has 2 aromatic rings. The Kier molecular flexibility index (Phi) is 5.59. The molecule has 0 bridgehead atoms. The van der Waals surface area contributed by atoms with Gasteiger partial charge in [-0.25, -0.2) is 4.98 Å². The van der Waals surface area contributed by atoms with Crippen molar-refractivity contribution in [3.8, 4) is 0 Å². The largest absolute Gasteiger partial charge is 0.418 e. The molecule has 1 saturated heterocycles. The number of anilines is 2. The molecule has 1 aliphatic rings. The monoisotopic (exact) mass is 382 g/mol. The first-order chi connectivity index (χ1) is 12.8. The predicted molar refractivity (Wildman–Crippen MR) is 92.9 cm³/mol. The third-order valence-corrected chi connectivity index (χ3v) is 4.32. The van der Waals surface area contributed by atoms with Crippen LogP contribution in [0.15, 0.2) is 42.6 Å². The zero-order valence-corrected chi connectivity index (χ0v) is 14.3. The second-order valence-electron chi connectivity index (χ2n) is 6.19. The maximum atomic E-state index is 13.2. The summed E-state index contributed by atoms with van der Waals surface area (Å²) in [6.45, 7) is 2.23. The number of alkyl halides is 3. The normalized spacial score (nSPS) is 15.6. The van der Waals surface area contributed by atoms with Crippen molar-refractivity contribution < 1.29 is 22.4 Å². The summed E-state index contributed by atoms with van der Waals surface area (Å²) in [5.41, 5.74) is -0.408. The van der Waals surface area contributed by atoms with Gasteiger partial charge in [-0.2, -0.15) is 17.6 Å². The lowest BCUT2D eigenvalue weighted by Gasteiger charge is -2.35. The zero-order chi connectivity index (χ0) is 19.4. The number of pyridine rings is 1. The highest BCUT2D eigenvalue weighted by Gasteiger charge is 2.33. The molecule has 0 radical (unpaired) electrons. The molecule has 0 spiro atoms. The van der Waals surface area contributed by atoms with Gasteiger partial charge in [0.15, 0.2) is 0 Å². The van der Waals surface area contributed by atoms with Crippen molar-refractivity contribution >= 4 is 17.3 Å². The number of piperazine rings is 1. The van der Waals surface area contributed by atoms with Crippen LogP contribution in [0.5, 0.6) is 0 Å². The molecule has 1 amide bonds. The van der Waals surface area contributed by atoms with Gasteiger partial charge in [0.1, 0.15) is 0 Å². The SMILES string of the molecule is O=C(CN1CCN(c2ccnc(F)c2)CC1)Nc1ccccc1C(F)(F)F. The molecule has 1 fully saturated rings. The molecule has 1 aromatic carbocycles. The van der Waals surface area contributed by atoms with Crippen LogP contribution in [0.4, 0.5) is 28.9 Å². The van der Waals surface area contributed by atoms with E-state index in [0.29, 0.717) is 31.9 Å². The number of hydrogen-bond acceptors (Lipinski definition) is 4. The molecule has 1 aliphatic heterocycles. The molecular weight excluding hydrogens is 364 g/mol. The first-order valence-electron chi connectivity index (χ1n) is 8.38. The summed E-state index contributed by atoms with van der Waals surface area (Å²) in [6.07, 6.45) is -3.14. The lowest BCUT2D eigenvalue weighted by molar-refractivity contribution is -0.137. The molecule has 3 rings (SSSR count). The van der Waals surface area contributed by atoms with Crippen LogP contribution < -0.4 is 10.2 Å². The Balaban J connectivity index is 1.55. The summed E-state index contributed by atoms with van der Waals surface area (Å²) < 4.78 is 52.2. The molecule has 2 heterocycles. The standard InChI is InChI=1S/C18H18F4N4O/c19-16-11-13(5-6-23-16)26-9-7-25(8-10-26)12-17(27)24-15-4-2-1-3-14(15)18(20,21)22/h1-6,11H,7-10,12H2,(H,24,27). The van der Waals surface area contributed by atoms with E-state index in [9.17, 15) is 22.4 Å². The summed E-state index contributed by atoms with van der Waals surface area (Å²) >= 11 is 0. The molecule has 1 N–H and O–H groups in total. The van der Waals surface area contributed by atoms with Crippen molar-refractivity contribution in [3.63, 3.8) is 0 Å². The lowest BCUT2D eigenvalue weighted by atomic mass is 10.1. The van der Waals surface area contributed by atoms with Gasteiger partial charge in [0, 0.05) is 44.1 Å². The molecule has 0 unspecified atom stereocenters. The van der Waals surface area contributed by atoms with E-state index in [2.05, 4.69) is 10.3 Å². The Hall–Kier alpha value is -2.68. The Morgan fingerprint density at radius 1 is 1.11 bits per heavy atom. The van der Waals surface area contributed by atoms with Crippen molar-refractivity contribution in [3.05, 3.63) is 54.1 Å². The summed E-state index contributed by atoms with van der Waals surface area (Å²) in [7, 11) is 0. The van der Waals surface area contributed by atoms with Gasteiger partial charge in [0.25, 0.3) is 0 Å². The van der Waals surface area contributed by atoms with Crippen molar-refractivity contribution in [1.82, 2.24) is 9.88 Å². The average molecular weight is 382 g/mol. The molecule has 1 aromatic heterocycles. The summed E-state index contributed by atoms with van der Waals surface area (Å²) in [5.74, 6) is -1.06. The van der Waals surface area contributed by atoms with E-state index in [-0.39, 0.29) is 12.2 Å². The minimum Gasteiger partial charge on any atom is -0.369 e. The van der Waals surface area contributed by atoms with Gasteiger partial charge in [-0.05, 0) is 18.2 Å². The molecule has 0 aliphatic carbocycles. The number of nitrogens with one attached hydrogen (secondary N) is 1. The maximum Gasteiger partial charge on any atom is 0.418 e. The minimum atomic E-state index is -4.53. The number of carbonyl (C=O) groups excluding carboxylic acids is 1. The van der Waals surface area contributed by atoms with Crippen molar-refractivity contribution in [1.29, 1.82) is 0 Å². The quantitative estimate of drug-likeness (QED) is 0.653.